The van der Waals surface area contributed by atoms with Gasteiger partial charge in [0.1, 0.15) is 5.01 Å². The van der Waals surface area contributed by atoms with Crippen molar-refractivity contribution >= 4 is 23.2 Å². The highest BCUT2D eigenvalue weighted by molar-refractivity contribution is 7.09. The van der Waals surface area contributed by atoms with E-state index in [2.05, 4.69) is 9.72 Å². The number of esters is 1. The van der Waals surface area contributed by atoms with Crippen LogP contribution in [0.3, 0.4) is 0 Å². The van der Waals surface area contributed by atoms with Crippen molar-refractivity contribution in [2.45, 2.75) is 19.4 Å². The van der Waals surface area contributed by atoms with Crippen LogP contribution in [0.2, 0.25) is 0 Å². The molecule has 0 aliphatic carbocycles. The predicted octanol–water partition coefficient (Wildman–Crippen LogP) is 2.54. The fourth-order valence-electron chi connectivity index (χ4n) is 2.29. The zero-order chi connectivity index (χ0) is 18.1. The molecule has 25 heavy (non-hydrogen) atoms. The van der Waals surface area contributed by atoms with E-state index in [1.54, 1.807) is 17.4 Å². The summed E-state index contributed by atoms with van der Waals surface area (Å²) in [6, 6.07) is 9.91. The molecule has 0 unspecified atom stereocenters. The average molecular weight is 362 g/mol. The van der Waals surface area contributed by atoms with Crippen LogP contribution in [0, 0.1) is 0 Å². The van der Waals surface area contributed by atoms with E-state index < -0.39 is 5.97 Å². The molecule has 2 aromatic rings. The standard InChI is InChI=1S/C18H22N2O4S/c1-23-11-10-20(12-16-19-15(13-25-16)18(22)24-2)17(21)9-8-14-6-4-3-5-7-14/h3-7,13H,8-12H2,1-2H3. The number of hydrogen-bond donors (Lipinski definition) is 0. The van der Waals surface area contributed by atoms with Gasteiger partial charge in [-0.05, 0) is 12.0 Å². The van der Waals surface area contributed by atoms with E-state index in [9.17, 15) is 9.59 Å². The molecular formula is C18H22N2O4S. The SMILES string of the molecule is COCCN(Cc1nc(C(=O)OC)cs1)C(=O)CCc1ccccc1. The lowest BCUT2D eigenvalue weighted by Crippen LogP contribution is -2.33. The summed E-state index contributed by atoms with van der Waals surface area (Å²) in [5.41, 5.74) is 1.40. The topological polar surface area (TPSA) is 68.7 Å². The first-order valence-corrected chi connectivity index (χ1v) is 8.85. The summed E-state index contributed by atoms with van der Waals surface area (Å²) in [6.07, 6.45) is 1.11. The fraction of sp³-hybridized carbons (Fsp3) is 0.389. The van der Waals surface area contributed by atoms with E-state index >= 15 is 0 Å². The zero-order valence-corrected chi connectivity index (χ0v) is 15.3. The number of carbonyl (C=O) groups is 2. The highest BCUT2D eigenvalue weighted by Gasteiger charge is 2.17. The molecule has 1 aromatic heterocycles. The minimum absolute atomic E-state index is 0.0377. The predicted molar refractivity (Wildman–Crippen MR) is 95.5 cm³/mol. The largest absolute Gasteiger partial charge is 0.464 e. The molecule has 0 atom stereocenters. The van der Waals surface area contributed by atoms with Crippen LogP contribution in [0.4, 0.5) is 0 Å². The molecule has 2 rings (SSSR count). The number of rotatable bonds is 9. The molecule has 0 N–H and O–H groups in total. The van der Waals surface area contributed by atoms with E-state index in [1.165, 1.54) is 18.4 Å². The van der Waals surface area contributed by atoms with Gasteiger partial charge in [0.15, 0.2) is 5.69 Å². The molecule has 0 saturated heterocycles. The Labute approximate surface area is 151 Å². The molecular weight excluding hydrogens is 340 g/mol. The maximum atomic E-state index is 12.6. The lowest BCUT2D eigenvalue weighted by Gasteiger charge is -2.21. The van der Waals surface area contributed by atoms with Crippen LogP contribution in [-0.2, 0) is 27.2 Å². The number of benzene rings is 1. The number of nitrogens with zero attached hydrogens (tertiary/aromatic N) is 2. The second-order valence-electron chi connectivity index (χ2n) is 5.41. The first-order chi connectivity index (χ1) is 12.1. The molecule has 0 spiro atoms. The molecule has 0 aliphatic heterocycles. The highest BCUT2D eigenvalue weighted by Crippen LogP contribution is 2.14. The van der Waals surface area contributed by atoms with Gasteiger partial charge in [-0.2, -0.15) is 0 Å². The third kappa shape index (κ3) is 5.95. The van der Waals surface area contributed by atoms with Crippen LogP contribution in [-0.4, -0.2) is 49.1 Å². The van der Waals surface area contributed by atoms with Crippen molar-refractivity contribution in [2.24, 2.45) is 0 Å². The first-order valence-electron chi connectivity index (χ1n) is 7.97. The number of amides is 1. The van der Waals surface area contributed by atoms with Gasteiger partial charge in [-0.25, -0.2) is 9.78 Å². The number of carbonyl (C=O) groups excluding carboxylic acids is 2. The lowest BCUT2D eigenvalue weighted by molar-refractivity contribution is -0.132. The normalized spacial score (nSPS) is 10.5. The molecule has 7 heteroatoms. The summed E-state index contributed by atoms with van der Waals surface area (Å²) >= 11 is 1.34. The van der Waals surface area contributed by atoms with Gasteiger partial charge in [-0.15, -0.1) is 11.3 Å². The van der Waals surface area contributed by atoms with Gasteiger partial charge in [-0.1, -0.05) is 30.3 Å². The lowest BCUT2D eigenvalue weighted by atomic mass is 10.1. The van der Waals surface area contributed by atoms with Gasteiger partial charge >= 0.3 is 5.97 Å². The molecule has 6 nitrogen and oxygen atoms in total. The molecule has 0 fully saturated rings. The van der Waals surface area contributed by atoms with Gasteiger partial charge in [0.05, 0.1) is 20.3 Å². The van der Waals surface area contributed by atoms with E-state index in [4.69, 9.17) is 4.74 Å². The third-order valence-electron chi connectivity index (χ3n) is 3.66. The summed E-state index contributed by atoms with van der Waals surface area (Å²) in [6.45, 7) is 1.29. The number of thiazole rings is 1. The summed E-state index contributed by atoms with van der Waals surface area (Å²) in [5, 5.41) is 2.34. The summed E-state index contributed by atoms with van der Waals surface area (Å²) in [4.78, 5) is 30.0. The molecule has 1 heterocycles. The maximum Gasteiger partial charge on any atom is 0.357 e. The Morgan fingerprint density at radius 3 is 2.64 bits per heavy atom. The number of ether oxygens (including phenoxy) is 2. The van der Waals surface area contributed by atoms with Gasteiger partial charge in [0.25, 0.3) is 0 Å². The van der Waals surface area contributed by atoms with Crippen LogP contribution in [0.15, 0.2) is 35.7 Å². The van der Waals surface area contributed by atoms with Crippen molar-refractivity contribution < 1.29 is 19.1 Å². The van der Waals surface area contributed by atoms with Gasteiger partial charge < -0.3 is 14.4 Å². The van der Waals surface area contributed by atoms with Crippen LogP contribution < -0.4 is 0 Å². The van der Waals surface area contributed by atoms with Crippen molar-refractivity contribution in [2.75, 3.05) is 27.4 Å². The molecule has 0 saturated carbocycles. The second-order valence-corrected chi connectivity index (χ2v) is 6.35. The molecule has 1 aromatic carbocycles. The van der Waals surface area contributed by atoms with Gasteiger partial charge in [0, 0.05) is 25.5 Å². The molecule has 0 radical (unpaired) electrons. The molecule has 1 amide bonds. The Morgan fingerprint density at radius 1 is 1.20 bits per heavy atom. The fourth-order valence-corrected chi connectivity index (χ4v) is 3.07. The summed E-state index contributed by atoms with van der Waals surface area (Å²) < 4.78 is 9.76. The average Bonchev–Trinajstić information content (AvgIpc) is 3.12. The van der Waals surface area contributed by atoms with Crippen molar-refractivity contribution in [1.82, 2.24) is 9.88 Å². The summed E-state index contributed by atoms with van der Waals surface area (Å²) in [5.74, 6) is -0.433. The quantitative estimate of drug-likeness (QED) is 0.641. The maximum absolute atomic E-state index is 12.6. The van der Waals surface area contributed by atoms with Crippen molar-refractivity contribution in [1.29, 1.82) is 0 Å². The number of hydrogen-bond acceptors (Lipinski definition) is 6. The monoisotopic (exact) mass is 362 g/mol. The molecule has 0 bridgehead atoms. The van der Waals surface area contributed by atoms with E-state index in [0.717, 1.165) is 5.56 Å². The molecule has 0 aliphatic rings. The van der Waals surface area contributed by atoms with Crippen LogP contribution >= 0.6 is 11.3 Å². The van der Waals surface area contributed by atoms with E-state index in [1.807, 2.05) is 30.3 Å². The Kier molecular flexibility index (Phi) is 7.56. The minimum Gasteiger partial charge on any atom is -0.464 e. The second kappa shape index (κ2) is 9.90. The van der Waals surface area contributed by atoms with Crippen molar-refractivity contribution in [3.05, 3.63) is 52.0 Å². The van der Waals surface area contributed by atoms with Crippen molar-refractivity contribution in [3.8, 4) is 0 Å². The zero-order valence-electron chi connectivity index (χ0n) is 14.4. The number of aromatic nitrogens is 1. The summed E-state index contributed by atoms with van der Waals surface area (Å²) in [7, 11) is 2.92. The minimum atomic E-state index is -0.471. The molecule has 134 valence electrons. The number of methoxy groups -OCH3 is 2. The Morgan fingerprint density at radius 2 is 1.96 bits per heavy atom. The van der Waals surface area contributed by atoms with Crippen LogP contribution in [0.1, 0.15) is 27.5 Å². The van der Waals surface area contributed by atoms with Crippen LogP contribution in [0.25, 0.3) is 0 Å². The van der Waals surface area contributed by atoms with Crippen molar-refractivity contribution in [3.63, 3.8) is 0 Å². The number of aryl methyl sites for hydroxylation is 1. The smallest absolute Gasteiger partial charge is 0.357 e. The van der Waals surface area contributed by atoms with E-state index in [-0.39, 0.29) is 11.6 Å². The van der Waals surface area contributed by atoms with Gasteiger partial charge in [0.2, 0.25) is 5.91 Å². The third-order valence-corrected chi connectivity index (χ3v) is 4.49. The Bertz CT molecular complexity index is 687. The first kappa shape index (κ1) is 19.1. The van der Waals surface area contributed by atoms with Gasteiger partial charge in [-0.3, -0.25) is 4.79 Å². The van der Waals surface area contributed by atoms with E-state index in [0.29, 0.717) is 37.5 Å². The Balaban J connectivity index is 1.98. The highest BCUT2D eigenvalue weighted by atomic mass is 32.1. The van der Waals surface area contributed by atoms with Crippen LogP contribution in [0.5, 0.6) is 0 Å². The Hall–Kier alpha value is -2.25.